The first-order valence-electron chi connectivity index (χ1n) is 7.17. The second kappa shape index (κ2) is 7.23. The van der Waals surface area contributed by atoms with E-state index >= 15 is 0 Å². The largest absolute Gasteiger partial charge is 0.497 e. The monoisotopic (exact) mass is 343 g/mol. The summed E-state index contributed by atoms with van der Waals surface area (Å²) in [4.78, 5) is 16.3. The Bertz CT molecular complexity index is 845. The minimum atomic E-state index is -0.575. The van der Waals surface area contributed by atoms with Crippen molar-refractivity contribution in [3.63, 3.8) is 0 Å². The minimum Gasteiger partial charge on any atom is -0.497 e. The summed E-state index contributed by atoms with van der Waals surface area (Å²) in [5, 5.41) is 2.66. The Labute approximate surface area is 142 Å². The zero-order valence-electron chi connectivity index (χ0n) is 12.9. The van der Waals surface area contributed by atoms with E-state index in [0.717, 1.165) is 22.4 Å². The molecule has 0 saturated heterocycles. The van der Waals surface area contributed by atoms with E-state index in [1.807, 2.05) is 29.6 Å². The zero-order valence-corrected chi connectivity index (χ0v) is 13.7. The highest BCUT2D eigenvalue weighted by Crippen LogP contribution is 2.26. The number of thiazole rings is 1. The summed E-state index contributed by atoms with van der Waals surface area (Å²) >= 11 is 1.46. The molecule has 0 bridgehead atoms. The van der Waals surface area contributed by atoms with Crippen molar-refractivity contribution in [3.8, 4) is 16.3 Å². The molecule has 0 radical (unpaired) electrons. The average Bonchev–Trinajstić information content (AvgIpc) is 3.09. The summed E-state index contributed by atoms with van der Waals surface area (Å²) < 4.78 is 23.4. The van der Waals surface area contributed by atoms with Crippen LogP contribution >= 0.6 is 11.3 Å². The van der Waals surface area contributed by atoms with E-state index in [4.69, 9.17) is 9.47 Å². The number of ether oxygens (including phenoxy) is 2. The van der Waals surface area contributed by atoms with Gasteiger partial charge in [0.2, 0.25) is 0 Å². The fourth-order valence-electron chi connectivity index (χ4n) is 2.08. The smallest absolute Gasteiger partial charge is 0.338 e. The van der Waals surface area contributed by atoms with Crippen LogP contribution < -0.4 is 4.74 Å². The van der Waals surface area contributed by atoms with Gasteiger partial charge < -0.3 is 9.47 Å². The van der Waals surface area contributed by atoms with Crippen LogP contribution in [0.25, 0.3) is 10.6 Å². The van der Waals surface area contributed by atoms with Gasteiger partial charge in [0, 0.05) is 10.9 Å². The van der Waals surface area contributed by atoms with E-state index in [0.29, 0.717) is 5.69 Å². The predicted molar refractivity (Wildman–Crippen MR) is 89.6 cm³/mol. The van der Waals surface area contributed by atoms with Crippen LogP contribution in [0.1, 0.15) is 16.1 Å². The number of halogens is 1. The molecule has 2 aromatic carbocycles. The van der Waals surface area contributed by atoms with Crippen molar-refractivity contribution in [2.75, 3.05) is 7.11 Å². The fourth-order valence-corrected chi connectivity index (χ4v) is 2.89. The molecule has 0 atom stereocenters. The standard InChI is InChI=1S/C18H14FNO3S/c1-22-16-7-5-12(6-8-16)17-20-15(11-24-17)10-23-18(21)13-3-2-4-14(19)9-13/h2-9,11H,10H2,1H3. The van der Waals surface area contributed by atoms with Crippen LogP contribution in [0.2, 0.25) is 0 Å². The van der Waals surface area contributed by atoms with Crippen LogP contribution in [-0.2, 0) is 11.3 Å². The Morgan fingerprint density at radius 2 is 2.00 bits per heavy atom. The van der Waals surface area contributed by atoms with Crippen LogP contribution in [0.4, 0.5) is 4.39 Å². The van der Waals surface area contributed by atoms with Crippen LogP contribution in [0.15, 0.2) is 53.9 Å². The highest BCUT2D eigenvalue weighted by Gasteiger charge is 2.10. The molecule has 1 heterocycles. The van der Waals surface area contributed by atoms with Gasteiger partial charge in [-0.05, 0) is 42.5 Å². The summed E-state index contributed by atoms with van der Waals surface area (Å²) in [6.45, 7) is 0.0437. The number of nitrogens with zero attached hydrogens (tertiary/aromatic N) is 1. The summed E-state index contributed by atoms with van der Waals surface area (Å²) in [6, 6.07) is 13.0. The lowest BCUT2D eigenvalue weighted by molar-refractivity contribution is 0.0468. The minimum absolute atomic E-state index is 0.0437. The van der Waals surface area contributed by atoms with Gasteiger partial charge in [-0.1, -0.05) is 6.07 Å². The second-order valence-electron chi connectivity index (χ2n) is 4.96. The summed E-state index contributed by atoms with van der Waals surface area (Å²) in [6.07, 6.45) is 0. The predicted octanol–water partition coefficient (Wildman–Crippen LogP) is 4.31. The quantitative estimate of drug-likeness (QED) is 0.648. The number of hydrogen-bond donors (Lipinski definition) is 0. The van der Waals surface area contributed by atoms with Crippen LogP contribution in [0, 0.1) is 5.82 Å². The third kappa shape index (κ3) is 3.78. The maximum atomic E-state index is 13.1. The topological polar surface area (TPSA) is 48.4 Å². The van der Waals surface area contributed by atoms with Crippen molar-refractivity contribution >= 4 is 17.3 Å². The van der Waals surface area contributed by atoms with E-state index in [1.165, 1.54) is 29.5 Å². The molecule has 3 aromatic rings. The average molecular weight is 343 g/mol. The first kappa shape index (κ1) is 16.1. The normalized spacial score (nSPS) is 10.4. The number of esters is 1. The Hall–Kier alpha value is -2.73. The number of benzene rings is 2. The molecule has 0 amide bonds. The highest BCUT2D eigenvalue weighted by molar-refractivity contribution is 7.13. The first-order chi connectivity index (χ1) is 11.7. The maximum absolute atomic E-state index is 13.1. The SMILES string of the molecule is COc1ccc(-c2nc(COC(=O)c3cccc(F)c3)cs2)cc1. The van der Waals surface area contributed by atoms with Gasteiger partial charge >= 0.3 is 5.97 Å². The van der Waals surface area contributed by atoms with Crippen molar-refractivity contribution in [1.29, 1.82) is 0 Å². The Balaban J connectivity index is 1.64. The highest BCUT2D eigenvalue weighted by atomic mass is 32.1. The van der Waals surface area contributed by atoms with Gasteiger partial charge in [0.25, 0.3) is 0 Å². The molecule has 0 aliphatic carbocycles. The van der Waals surface area contributed by atoms with Gasteiger partial charge in [0.1, 0.15) is 23.2 Å². The molecule has 4 nitrogen and oxygen atoms in total. The molecule has 24 heavy (non-hydrogen) atoms. The molecular weight excluding hydrogens is 329 g/mol. The van der Waals surface area contributed by atoms with Crippen molar-refractivity contribution in [2.45, 2.75) is 6.61 Å². The number of carbonyl (C=O) groups is 1. The molecular formula is C18H14FNO3S. The summed E-state index contributed by atoms with van der Waals surface area (Å²) in [5.74, 6) is -0.270. The third-order valence-electron chi connectivity index (χ3n) is 3.30. The maximum Gasteiger partial charge on any atom is 0.338 e. The lowest BCUT2D eigenvalue weighted by Crippen LogP contribution is -2.05. The lowest BCUT2D eigenvalue weighted by atomic mass is 10.2. The van der Waals surface area contributed by atoms with Crippen LogP contribution in [-0.4, -0.2) is 18.1 Å². The molecule has 0 fully saturated rings. The molecule has 0 saturated carbocycles. The van der Waals surface area contributed by atoms with Gasteiger partial charge in [0.15, 0.2) is 0 Å². The van der Waals surface area contributed by atoms with Gasteiger partial charge in [-0.25, -0.2) is 14.2 Å². The third-order valence-corrected chi connectivity index (χ3v) is 4.24. The number of carbonyl (C=O) groups excluding carboxylic acids is 1. The number of methoxy groups -OCH3 is 1. The molecule has 0 unspecified atom stereocenters. The van der Waals surface area contributed by atoms with E-state index in [2.05, 4.69) is 4.98 Å². The molecule has 3 rings (SSSR count). The van der Waals surface area contributed by atoms with Gasteiger partial charge in [-0.15, -0.1) is 11.3 Å². The van der Waals surface area contributed by atoms with Gasteiger partial charge in [-0.3, -0.25) is 0 Å². The molecule has 1 aromatic heterocycles. The number of hydrogen-bond acceptors (Lipinski definition) is 5. The molecule has 0 spiro atoms. The fraction of sp³-hybridized carbons (Fsp3) is 0.111. The second-order valence-corrected chi connectivity index (χ2v) is 5.82. The van der Waals surface area contributed by atoms with Crippen LogP contribution in [0.5, 0.6) is 5.75 Å². The van der Waals surface area contributed by atoms with Crippen molar-refractivity contribution in [1.82, 2.24) is 4.98 Å². The van der Waals surface area contributed by atoms with Crippen molar-refractivity contribution in [3.05, 3.63) is 71.0 Å². The summed E-state index contributed by atoms with van der Waals surface area (Å²) in [7, 11) is 1.61. The Kier molecular flexibility index (Phi) is 4.86. The first-order valence-corrected chi connectivity index (χ1v) is 8.05. The van der Waals surface area contributed by atoms with Crippen molar-refractivity contribution < 1.29 is 18.7 Å². The molecule has 0 aliphatic heterocycles. The Morgan fingerprint density at radius 3 is 2.71 bits per heavy atom. The van der Waals surface area contributed by atoms with Gasteiger partial charge in [0.05, 0.1) is 18.4 Å². The number of rotatable bonds is 5. The van der Waals surface area contributed by atoms with Crippen molar-refractivity contribution in [2.24, 2.45) is 0 Å². The molecule has 0 N–H and O–H groups in total. The molecule has 0 aliphatic rings. The Morgan fingerprint density at radius 1 is 1.21 bits per heavy atom. The van der Waals surface area contributed by atoms with E-state index in [9.17, 15) is 9.18 Å². The van der Waals surface area contributed by atoms with E-state index in [1.54, 1.807) is 7.11 Å². The number of aromatic nitrogens is 1. The summed E-state index contributed by atoms with van der Waals surface area (Å²) in [5.41, 5.74) is 1.79. The molecule has 122 valence electrons. The van der Waals surface area contributed by atoms with Crippen LogP contribution in [0.3, 0.4) is 0 Å². The lowest BCUT2D eigenvalue weighted by Gasteiger charge is -2.03. The van der Waals surface area contributed by atoms with Gasteiger partial charge in [-0.2, -0.15) is 0 Å². The van der Waals surface area contributed by atoms with E-state index in [-0.39, 0.29) is 12.2 Å². The zero-order chi connectivity index (χ0) is 16.9. The van der Waals surface area contributed by atoms with E-state index < -0.39 is 11.8 Å². The molecule has 6 heteroatoms.